The first-order chi connectivity index (χ1) is 9.34. The van der Waals surface area contributed by atoms with Crippen molar-refractivity contribution in [2.45, 2.75) is 32.1 Å². The molecule has 0 aromatic heterocycles. The molecule has 0 radical (unpaired) electrons. The van der Waals surface area contributed by atoms with Crippen LogP contribution in [0.25, 0.3) is 0 Å². The number of aliphatic hydroxyl groups excluding tert-OH is 1. The summed E-state index contributed by atoms with van der Waals surface area (Å²) in [4.78, 5) is 12.7. The van der Waals surface area contributed by atoms with Gasteiger partial charge in [-0.25, -0.2) is 0 Å². The molecule has 0 spiro atoms. The number of hydrogen-bond acceptors (Lipinski definition) is 4. The van der Waals surface area contributed by atoms with Crippen molar-refractivity contribution in [3.8, 4) is 0 Å². The third kappa shape index (κ3) is 4.92. The van der Waals surface area contributed by atoms with Crippen LogP contribution in [0.2, 0.25) is 0 Å². The van der Waals surface area contributed by atoms with Crippen LogP contribution in [0.3, 0.4) is 0 Å². The van der Waals surface area contributed by atoms with E-state index in [4.69, 9.17) is 9.84 Å². The number of aliphatic carboxylic acids is 1. The number of carboxylic acids is 1. The van der Waals surface area contributed by atoms with Gasteiger partial charge in [0.25, 0.3) is 0 Å². The summed E-state index contributed by atoms with van der Waals surface area (Å²) in [5.41, 5.74) is 0.0272. The number of rotatable bonds is 8. The SMILES string of the molecule is CN(CC(O)COCc1ccccc1)C(C)(C)C(=O)O. The molecule has 0 aliphatic rings. The zero-order valence-electron chi connectivity index (χ0n) is 12.2. The Hall–Kier alpha value is -1.43. The molecule has 0 saturated heterocycles. The number of nitrogens with zero attached hydrogens (tertiary/aromatic N) is 1. The molecule has 0 saturated carbocycles. The Kier molecular flexibility index (Phi) is 6.13. The summed E-state index contributed by atoms with van der Waals surface area (Å²) in [6.45, 7) is 4.06. The molecule has 112 valence electrons. The van der Waals surface area contributed by atoms with Crippen LogP contribution in [-0.4, -0.2) is 52.9 Å². The van der Waals surface area contributed by atoms with Gasteiger partial charge in [0.15, 0.2) is 0 Å². The van der Waals surface area contributed by atoms with Gasteiger partial charge in [0.1, 0.15) is 5.54 Å². The number of carbonyl (C=O) groups is 1. The van der Waals surface area contributed by atoms with E-state index in [9.17, 15) is 9.90 Å². The van der Waals surface area contributed by atoms with Crippen molar-refractivity contribution in [1.82, 2.24) is 4.90 Å². The van der Waals surface area contributed by atoms with Crippen LogP contribution in [0.5, 0.6) is 0 Å². The molecule has 1 unspecified atom stereocenters. The van der Waals surface area contributed by atoms with Gasteiger partial charge in [-0.15, -0.1) is 0 Å². The van der Waals surface area contributed by atoms with Gasteiger partial charge in [0.05, 0.1) is 19.3 Å². The maximum absolute atomic E-state index is 11.1. The smallest absolute Gasteiger partial charge is 0.323 e. The minimum Gasteiger partial charge on any atom is -0.480 e. The van der Waals surface area contributed by atoms with E-state index in [0.717, 1.165) is 5.56 Å². The normalized spacial score (nSPS) is 13.4. The fourth-order valence-electron chi connectivity index (χ4n) is 1.65. The molecule has 0 heterocycles. The van der Waals surface area contributed by atoms with Crippen molar-refractivity contribution >= 4 is 5.97 Å². The molecule has 5 heteroatoms. The fourth-order valence-corrected chi connectivity index (χ4v) is 1.65. The third-order valence-corrected chi connectivity index (χ3v) is 3.38. The summed E-state index contributed by atoms with van der Waals surface area (Å²) in [6.07, 6.45) is -0.720. The Morgan fingerprint density at radius 2 is 1.95 bits per heavy atom. The molecule has 1 rings (SSSR count). The maximum atomic E-state index is 11.1. The van der Waals surface area contributed by atoms with E-state index in [2.05, 4.69) is 0 Å². The lowest BCUT2D eigenvalue weighted by atomic mass is 10.0. The zero-order valence-corrected chi connectivity index (χ0v) is 12.2. The highest BCUT2D eigenvalue weighted by molar-refractivity contribution is 5.77. The van der Waals surface area contributed by atoms with Gasteiger partial charge in [-0.1, -0.05) is 30.3 Å². The number of likely N-dealkylation sites (N-methyl/N-ethyl adjacent to an activating group) is 1. The van der Waals surface area contributed by atoms with E-state index in [1.807, 2.05) is 30.3 Å². The van der Waals surface area contributed by atoms with Crippen LogP contribution >= 0.6 is 0 Å². The number of hydrogen-bond donors (Lipinski definition) is 2. The van der Waals surface area contributed by atoms with Gasteiger partial charge >= 0.3 is 5.97 Å². The minimum atomic E-state index is -1.01. The molecule has 0 amide bonds. The van der Waals surface area contributed by atoms with Crippen LogP contribution in [0.4, 0.5) is 0 Å². The van der Waals surface area contributed by atoms with Crippen molar-refractivity contribution in [2.24, 2.45) is 0 Å². The second-order valence-corrected chi connectivity index (χ2v) is 5.40. The molecule has 0 fully saturated rings. The lowest BCUT2D eigenvalue weighted by Gasteiger charge is -2.32. The van der Waals surface area contributed by atoms with Gasteiger partial charge in [0, 0.05) is 6.54 Å². The quantitative estimate of drug-likeness (QED) is 0.753. The number of carboxylic acid groups (broad SMARTS) is 1. The van der Waals surface area contributed by atoms with Crippen molar-refractivity contribution in [2.75, 3.05) is 20.2 Å². The lowest BCUT2D eigenvalue weighted by Crippen LogP contribution is -2.51. The molecule has 5 nitrogen and oxygen atoms in total. The molecule has 1 atom stereocenters. The van der Waals surface area contributed by atoms with Gasteiger partial charge in [-0.3, -0.25) is 9.69 Å². The van der Waals surface area contributed by atoms with Crippen molar-refractivity contribution in [1.29, 1.82) is 0 Å². The predicted octanol–water partition coefficient (Wildman–Crippen LogP) is 1.36. The summed E-state index contributed by atoms with van der Waals surface area (Å²) in [5, 5.41) is 19.0. The van der Waals surface area contributed by atoms with Crippen molar-refractivity contribution in [3.63, 3.8) is 0 Å². The summed E-state index contributed by atoms with van der Waals surface area (Å²) in [5.74, 6) is -0.919. The van der Waals surface area contributed by atoms with Gasteiger partial charge in [-0.2, -0.15) is 0 Å². The summed E-state index contributed by atoms with van der Waals surface area (Å²) >= 11 is 0. The van der Waals surface area contributed by atoms with Gasteiger partial charge < -0.3 is 14.9 Å². The van der Waals surface area contributed by atoms with E-state index in [1.54, 1.807) is 25.8 Å². The van der Waals surface area contributed by atoms with E-state index in [1.165, 1.54) is 0 Å². The summed E-state index contributed by atoms with van der Waals surface area (Å²) in [7, 11) is 1.68. The Balaban J connectivity index is 2.33. The highest BCUT2D eigenvalue weighted by Crippen LogP contribution is 2.13. The highest BCUT2D eigenvalue weighted by atomic mass is 16.5. The number of β-amino-alcohol motifs (C(OH)–C–C–N with tert-alkyl or cyclic N) is 1. The first kappa shape index (κ1) is 16.6. The van der Waals surface area contributed by atoms with Gasteiger partial charge in [0.2, 0.25) is 0 Å². The maximum Gasteiger partial charge on any atom is 0.323 e. The average molecular weight is 281 g/mol. The monoisotopic (exact) mass is 281 g/mol. The Morgan fingerprint density at radius 1 is 1.35 bits per heavy atom. The molecule has 1 aromatic rings. The molecule has 1 aromatic carbocycles. The van der Waals surface area contributed by atoms with E-state index in [-0.39, 0.29) is 13.2 Å². The van der Waals surface area contributed by atoms with E-state index >= 15 is 0 Å². The second kappa shape index (κ2) is 7.38. The first-order valence-electron chi connectivity index (χ1n) is 6.58. The van der Waals surface area contributed by atoms with Crippen molar-refractivity contribution in [3.05, 3.63) is 35.9 Å². The van der Waals surface area contributed by atoms with Gasteiger partial charge in [-0.05, 0) is 26.5 Å². The van der Waals surface area contributed by atoms with Crippen LogP contribution in [0.15, 0.2) is 30.3 Å². The Labute approximate surface area is 119 Å². The standard InChI is InChI=1S/C15H23NO4/c1-15(2,14(18)19)16(3)9-13(17)11-20-10-12-7-5-4-6-8-12/h4-8,13,17H,9-11H2,1-3H3,(H,18,19). The largest absolute Gasteiger partial charge is 0.480 e. The summed E-state index contributed by atoms with van der Waals surface area (Å²) in [6, 6.07) is 9.69. The van der Waals surface area contributed by atoms with Crippen LogP contribution in [0.1, 0.15) is 19.4 Å². The molecular weight excluding hydrogens is 258 g/mol. The van der Waals surface area contributed by atoms with E-state index in [0.29, 0.717) is 6.61 Å². The molecule has 0 aliphatic heterocycles. The lowest BCUT2D eigenvalue weighted by molar-refractivity contribution is -0.149. The first-order valence-corrected chi connectivity index (χ1v) is 6.58. The number of aliphatic hydroxyl groups is 1. The summed E-state index contributed by atoms with van der Waals surface area (Å²) < 4.78 is 5.43. The van der Waals surface area contributed by atoms with Crippen molar-refractivity contribution < 1.29 is 19.7 Å². The highest BCUT2D eigenvalue weighted by Gasteiger charge is 2.32. The Morgan fingerprint density at radius 3 is 2.50 bits per heavy atom. The topological polar surface area (TPSA) is 70.0 Å². The molecular formula is C15H23NO4. The zero-order chi connectivity index (χ0) is 15.2. The molecule has 2 N–H and O–H groups in total. The third-order valence-electron chi connectivity index (χ3n) is 3.38. The fraction of sp³-hybridized carbons (Fsp3) is 0.533. The second-order valence-electron chi connectivity index (χ2n) is 5.40. The number of benzene rings is 1. The Bertz CT molecular complexity index is 419. The van der Waals surface area contributed by atoms with Crippen LogP contribution < -0.4 is 0 Å². The molecule has 20 heavy (non-hydrogen) atoms. The van der Waals surface area contributed by atoms with E-state index < -0.39 is 17.6 Å². The number of ether oxygens (including phenoxy) is 1. The van der Waals surface area contributed by atoms with Crippen LogP contribution in [0, 0.1) is 0 Å². The minimum absolute atomic E-state index is 0.176. The average Bonchev–Trinajstić information content (AvgIpc) is 2.39. The predicted molar refractivity (Wildman–Crippen MR) is 76.4 cm³/mol. The van der Waals surface area contributed by atoms with Crippen LogP contribution in [-0.2, 0) is 16.1 Å². The molecule has 0 bridgehead atoms. The molecule has 0 aliphatic carbocycles.